The third-order valence-electron chi connectivity index (χ3n) is 6.66. The summed E-state index contributed by atoms with van der Waals surface area (Å²) in [5.74, 6) is 0.277. The first kappa shape index (κ1) is 22.4. The number of fused-ring (bicyclic) bond motifs is 3. The fourth-order valence-corrected chi connectivity index (χ4v) is 5.12. The average Bonchev–Trinajstić information content (AvgIpc) is 3.36. The van der Waals surface area contributed by atoms with E-state index in [4.69, 9.17) is 16.0 Å². The number of carbonyl (C=O) groups excluding carboxylic acids is 1. The van der Waals surface area contributed by atoms with Gasteiger partial charge < -0.3 is 14.6 Å². The number of furan rings is 1. The maximum Gasteiger partial charge on any atom is 0.269 e. The molecule has 1 saturated heterocycles. The number of non-ortho nitro benzene ring substituents is 1. The van der Waals surface area contributed by atoms with Crippen LogP contribution in [0, 0.1) is 16.0 Å². The van der Waals surface area contributed by atoms with E-state index in [-0.39, 0.29) is 28.5 Å². The van der Waals surface area contributed by atoms with Crippen molar-refractivity contribution in [1.82, 2.24) is 10.2 Å². The maximum absolute atomic E-state index is 13.3. The lowest BCUT2D eigenvalue weighted by Gasteiger charge is -2.49. The van der Waals surface area contributed by atoms with Gasteiger partial charge in [-0.25, -0.2) is 0 Å². The summed E-state index contributed by atoms with van der Waals surface area (Å²) in [6.07, 6.45) is 2.03. The van der Waals surface area contributed by atoms with Crippen LogP contribution < -0.4 is 10.2 Å². The lowest BCUT2D eigenvalue weighted by Crippen LogP contribution is -2.60. The maximum atomic E-state index is 13.3. The zero-order valence-corrected chi connectivity index (χ0v) is 19.3. The van der Waals surface area contributed by atoms with Gasteiger partial charge in [-0.15, -0.1) is 0 Å². The Labute approximate surface area is 202 Å². The van der Waals surface area contributed by atoms with E-state index in [2.05, 4.69) is 15.1 Å². The van der Waals surface area contributed by atoms with Crippen LogP contribution in [-0.2, 0) is 24.3 Å². The molecule has 0 aliphatic carbocycles. The predicted molar refractivity (Wildman–Crippen MR) is 129 cm³/mol. The van der Waals surface area contributed by atoms with E-state index in [1.54, 1.807) is 24.5 Å². The monoisotopic (exact) mass is 480 g/mol. The van der Waals surface area contributed by atoms with E-state index >= 15 is 0 Å². The highest BCUT2D eigenvalue weighted by Crippen LogP contribution is 2.38. The van der Waals surface area contributed by atoms with E-state index < -0.39 is 0 Å². The number of anilines is 1. The van der Waals surface area contributed by atoms with Crippen molar-refractivity contribution in [1.29, 1.82) is 0 Å². The summed E-state index contributed by atoms with van der Waals surface area (Å²) in [6, 6.07) is 16.4. The minimum atomic E-state index is -0.386. The second-order valence-electron chi connectivity index (χ2n) is 8.80. The molecule has 0 radical (unpaired) electrons. The Morgan fingerprint density at radius 1 is 1.18 bits per heavy atom. The van der Waals surface area contributed by atoms with Crippen LogP contribution >= 0.6 is 11.6 Å². The van der Waals surface area contributed by atoms with Crippen molar-refractivity contribution in [2.75, 3.05) is 24.5 Å². The van der Waals surface area contributed by atoms with Gasteiger partial charge in [0.05, 0.1) is 29.7 Å². The fraction of sp³-hybridized carbons (Fsp3) is 0.320. The van der Waals surface area contributed by atoms with Crippen molar-refractivity contribution in [3.63, 3.8) is 0 Å². The van der Waals surface area contributed by atoms with Crippen LogP contribution in [-0.4, -0.2) is 41.4 Å². The number of carbonyl (C=O) groups is 1. The molecule has 176 valence electrons. The van der Waals surface area contributed by atoms with Gasteiger partial charge >= 0.3 is 0 Å². The second-order valence-corrected chi connectivity index (χ2v) is 9.24. The average molecular weight is 481 g/mol. The largest absolute Gasteiger partial charge is 0.467 e. The molecule has 0 saturated carbocycles. The van der Waals surface area contributed by atoms with Crippen LogP contribution in [0.25, 0.3) is 0 Å². The summed E-state index contributed by atoms with van der Waals surface area (Å²) in [6.45, 7) is 3.37. The molecular formula is C25H25ClN4O4. The number of nitro benzene ring substituents is 1. The number of amides is 1. The molecule has 2 atom stereocenters. The first-order chi connectivity index (χ1) is 16.5. The van der Waals surface area contributed by atoms with Crippen LogP contribution in [0.4, 0.5) is 11.4 Å². The molecule has 5 rings (SSSR count). The van der Waals surface area contributed by atoms with Crippen LogP contribution in [0.5, 0.6) is 0 Å². The molecule has 1 amide bonds. The standard InChI is InChI=1S/C25H25ClN4O4/c26-19-5-3-17(4-6-19)15-28-9-10-29-23-8-7-20(30(32)33)12-18(23)13-22(24(29)16-28)25(31)27-14-21-2-1-11-34-21/h1-8,11-12,22,24H,9-10,13-16H2,(H,27,31)/t22-,24-/m0/s1. The summed E-state index contributed by atoms with van der Waals surface area (Å²) in [5.41, 5.74) is 3.04. The van der Waals surface area contributed by atoms with E-state index in [0.717, 1.165) is 37.4 Å². The Hall–Kier alpha value is -3.36. The van der Waals surface area contributed by atoms with Crippen molar-refractivity contribution in [3.05, 3.63) is 92.9 Å². The number of nitrogens with one attached hydrogen (secondary N) is 1. The highest BCUT2D eigenvalue weighted by molar-refractivity contribution is 6.30. The quantitative estimate of drug-likeness (QED) is 0.423. The summed E-state index contributed by atoms with van der Waals surface area (Å²) >= 11 is 6.03. The number of halogens is 1. The zero-order chi connectivity index (χ0) is 23.7. The minimum Gasteiger partial charge on any atom is -0.467 e. The van der Waals surface area contributed by atoms with E-state index in [0.29, 0.717) is 23.7 Å². The molecule has 2 aliphatic rings. The van der Waals surface area contributed by atoms with Crippen molar-refractivity contribution < 1.29 is 14.1 Å². The Balaban J connectivity index is 1.39. The molecule has 1 aromatic heterocycles. The number of piperazine rings is 1. The molecule has 8 nitrogen and oxygen atoms in total. The smallest absolute Gasteiger partial charge is 0.269 e. The number of hydrogen-bond donors (Lipinski definition) is 1. The van der Waals surface area contributed by atoms with Gasteiger partial charge in [0, 0.05) is 49.0 Å². The molecule has 1 fully saturated rings. The molecule has 1 N–H and O–H groups in total. The number of hydrogen-bond acceptors (Lipinski definition) is 6. The third kappa shape index (κ3) is 4.64. The topological polar surface area (TPSA) is 91.9 Å². The molecule has 0 spiro atoms. The molecule has 2 aliphatic heterocycles. The summed E-state index contributed by atoms with van der Waals surface area (Å²) in [4.78, 5) is 28.9. The van der Waals surface area contributed by atoms with Crippen molar-refractivity contribution >= 4 is 28.9 Å². The SMILES string of the molecule is O=C(NCc1ccco1)[C@H]1Cc2cc([N+](=O)[O-])ccc2N2CCN(Cc3ccc(Cl)cc3)C[C@@H]12. The van der Waals surface area contributed by atoms with Gasteiger partial charge in [-0.3, -0.25) is 19.8 Å². The first-order valence-electron chi connectivity index (χ1n) is 11.3. The van der Waals surface area contributed by atoms with Gasteiger partial charge in [0.2, 0.25) is 5.91 Å². The molecule has 34 heavy (non-hydrogen) atoms. The number of nitro groups is 1. The van der Waals surface area contributed by atoms with E-state index in [1.165, 1.54) is 5.56 Å². The molecule has 2 aromatic carbocycles. The van der Waals surface area contributed by atoms with Crippen LogP contribution in [0.1, 0.15) is 16.9 Å². The number of rotatable bonds is 6. The van der Waals surface area contributed by atoms with E-state index in [9.17, 15) is 14.9 Å². The summed E-state index contributed by atoms with van der Waals surface area (Å²) in [5, 5.41) is 15.1. The van der Waals surface area contributed by atoms with Gasteiger partial charge in [-0.05, 0) is 47.9 Å². The van der Waals surface area contributed by atoms with Crippen LogP contribution in [0.3, 0.4) is 0 Å². The van der Waals surface area contributed by atoms with E-state index in [1.807, 2.05) is 36.4 Å². The lowest BCUT2D eigenvalue weighted by molar-refractivity contribution is -0.384. The van der Waals surface area contributed by atoms with Crippen molar-refractivity contribution in [2.45, 2.75) is 25.6 Å². The molecular weight excluding hydrogens is 456 g/mol. The Morgan fingerprint density at radius 2 is 2.00 bits per heavy atom. The van der Waals surface area contributed by atoms with Crippen LogP contribution in [0.2, 0.25) is 5.02 Å². The number of benzene rings is 2. The molecule has 0 unspecified atom stereocenters. The highest BCUT2D eigenvalue weighted by atomic mass is 35.5. The second kappa shape index (κ2) is 9.48. The lowest BCUT2D eigenvalue weighted by atomic mass is 9.83. The molecule has 3 heterocycles. The zero-order valence-electron chi connectivity index (χ0n) is 18.5. The normalized spacial score (nSPS) is 19.9. The fourth-order valence-electron chi connectivity index (χ4n) is 4.99. The van der Waals surface area contributed by atoms with Gasteiger partial charge in [0.1, 0.15) is 5.76 Å². The van der Waals surface area contributed by atoms with Gasteiger partial charge in [0.25, 0.3) is 5.69 Å². The molecule has 9 heteroatoms. The Kier molecular flexibility index (Phi) is 6.26. The Bertz CT molecular complexity index is 1180. The van der Waals surface area contributed by atoms with Crippen molar-refractivity contribution in [2.24, 2.45) is 5.92 Å². The summed E-state index contributed by atoms with van der Waals surface area (Å²) in [7, 11) is 0. The molecule has 3 aromatic rings. The highest BCUT2D eigenvalue weighted by Gasteiger charge is 2.42. The van der Waals surface area contributed by atoms with Gasteiger partial charge in [-0.1, -0.05) is 23.7 Å². The first-order valence-corrected chi connectivity index (χ1v) is 11.7. The predicted octanol–water partition coefficient (Wildman–Crippen LogP) is 4.02. The van der Waals surface area contributed by atoms with Crippen LogP contribution in [0.15, 0.2) is 65.3 Å². The third-order valence-corrected chi connectivity index (χ3v) is 6.92. The van der Waals surface area contributed by atoms with Crippen molar-refractivity contribution in [3.8, 4) is 0 Å². The summed E-state index contributed by atoms with van der Waals surface area (Å²) < 4.78 is 5.35. The Morgan fingerprint density at radius 3 is 2.74 bits per heavy atom. The van der Waals surface area contributed by atoms with Gasteiger partial charge in [0.15, 0.2) is 0 Å². The minimum absolute atomic E-state index is 0.0355. The molecule has 0 bridgehead atoms. The number of nitrogens with zero attached hydrogens (tertiary/aromatic N) is 3. The van der Waals surface area contributed by atoms with Gasteiger partial charge in [-0.2, -0.15) is 0 Å².